The predicted octanol–water partition coefficient (Wildman–Crippen LogP) is 1.07. The number of nitrogens with one attached hydrogen (secondary N) is 1. The van der Waals surface area contributed by atoms with E-state index < -0.39 is 5.91 Å². The number of carbonyl (C=O) groups is 1. The number of methoxy groups -OCH3 is 1. The van der Waals surface area contributed by atoms with E-state index in [1.54, 1.807) is 12.1 Å². The fourth-order valence-electron chi connectivity index (χ4n) is 3.32. The molecule has 27 heavy (non-hydrogen) atoms. The van der Waals surface area contributed by atoms with Crippen molar-refractivity contribution < 1.29 is 14.3 Å². The van der Waals surface area contributed by atoms with Gasteiger partial charge in [0.25, 0.3) is 5.91 Å². The molecule has 140 valence electrons. The van der Waals surface area contributed by atoms with Crippen LogP contribution in [-0.2, 0) is 11.3 Å². The number of benzene rings is 1. The second-order valence-corrected chi connectivity index (χ2v) is 6.33. The van der Waals surface area contributed by atoms with Gasteiger partial charge in [-0.1, -0.05) is 12.1 Å². The Morgan fingerprint density at radius 3 is 2.93 bits per heavy atom. The first-order chi connectivity index (χ1) is 13.1. The van der Waals surface area contributed by atoms with Gasteiger partial charge in [-0.2, -0.15) is 0 Å². The summed E-state index contributed by atoms with van der Waals surface area (Å²) in [5.41, 5.74) is 6.23. The minimum atomic E-state index is -0.746. The van der Waals surface area contributed by atoms with Crippen LogP contribution in [0.5, 0.6) is 5.75 Å². The number of carbonyl (C=O) groups excluding carboxylic acids is 1. The second kappa shape index (κ2) is 6.84. The first-order valence-corrected chi connectivity index (χ1v) is 8.64. The highest BCUT2D eigenvalue weighted by Gasteiger charge is 2.23. The number of amides is 1. The summed E-state index contributed by atoms with van der Waals surface area (Å²) in [7, 11) is 1.54. The lowest BCUT2D eigenvalue weighted by atomic mass is 10.2. The molecular formula is C18H19N5O4. The summed E-state index contributed by atoms with van der Waals surface area (Å²) in [6.07, 6.45) is 1.76. The summed E-state index contributed by atoms with van der Waals surface area (Å²) in [5, 5.41) is 0. The highest BCUT2D eigenvalue weighted by Crippen LogP contribution is 2.28. The third-order valence-corrected chi connectivity index (χ3v) is 4.61. The topological polar surface area (TPSA) is 125 Å². The number of para-hydroxylation sites is 1. The van der Waals surface area contributed by atoms with Gasteiger partial charge in [-0.05, 0) is 25.0 Å². The average Bonchev–Trinajstić information content (AvgIpc) is 3.29. The van der Waals surface area contributed by atoms with Crippen molar-refractivity contribution in [2.24, 2.45) is 5.73 Å². The lowest BCUT2D eigenvalue weighted by Gasteiger charge is -2.11. The molecule has 1 aromatic carbocycles. The molecule has 0 bridgehead atoms. The zero-order valence-corrected chi connectivity index (χ0v) is 14.8. The molecule has 1 saturated heterocycles. The summed E-state index contributed by atoms with van der Waals surface area (Å²) in [4.78, 5) is 35.9. The van der Waals surface area contributed by atoms with E-state index >= 15 is 0 Å². The predicted molar refractivity (Wildman–Crippen MR) is 97.6 cm³/mol. The molecule has 0 saturated carbocycles. The van der Waals surface area contributed by atoms with Gasteiger partial charge in [0.2, 0.25) is 0 Å². The van der Waals surface area contributed by atoms with Crippen LogP contribution < -0.4 is 16.2 Å². The van der Waals surface area contributed by atoms with Crippen LogP contribution >= 0.6 is 0 Å². The number of H-pyrrole nitrogens is 1. The molecule has 4 rings (SSSR count). The normalized spacial score (nSPS) is 16.7. The molecule has 1 unspecified atom stereocenters. The number of primary amides is 1. The maximum atomic E-state index is 12.5. The number of nitrogens with zero attached hydrogens (tertiary/aromatic N) is 3. The van der Waals surface area contributed by atoms with Crippen LogP contribution in [0.3, 0.4) is 0 Å². The van der Waals surface area contributed by atoms with Gasteiger partial charge in [-0.25, -0.2) is 14.8 Å². The molecule has 1 aliphatic rings. The molecule has 9 heteroatoms. The lowest BCUT2D eigenvalue weighted by Crippen LogP contribution is -2.24. The van der Waals surface area contributed by atoms with Crippen molar-refractivity contribution in [2.45, 2.75) is 25.5 Å². The number of aromatic amines is 1. The maximum Gasteiger partial charge on any atom is 0.327 e. The van der Waals surface area contributed by atoms with E-state index in [1.165, 1.54) is 11.7 Å². The van der Waals surface area contributed by atoms with E-state index in [0.29, 0.717) is 30.1 Å². The molecular weight excluding hydrogens is 350 g/mol. The molecule has 3 N–H and O–H groups in total. The number of fused-ring (bicyclic) bond motifs is 1. The van der Waals surface area contributed by atoms with E-state index in [2.05, 4.69) is 15.0 Å². The van der Waals surface area contributed by atoms with Crippen LogP contribution in [0.1, 0.15) is 23.3 Å². The van der Waals surface area contributed by atoms with E-state index in [0.717, 1.165) is 12.8 Å². The fraction of sp³-hybridized carbons (Fsp3) is 0.333. The lowest BCUT2D eigenvalue weighted by molar-refractivity contribution is 0.0970. The van der Waals surface area contributed by atoms with Gasteiger partial charge in [-0.15, -0.1) is 0 Å². The summed E-state index contributed by atoms with van der Waals surface area (Å²) in [6.45, 7) is 1.02. The molecule has 1 fully saturated rings. The number of aromatic nitrogens is 4. The number of hydrogen-bond donors (Lipinski definition) is 2. The zero-order valence-electron chi connectivity index (χ0n) is 14.8. The Bertz CT molecular complexity index is 1070. The van der Waals surface area contributed by atoms with Crippen molar-refractivity contribution in [3.05, 3.63) is 40.4 Å². The van der Waals surface area contributed by atoms with Gasteiger partial charge in [0.05, 0.1) is 25.3 Å². The van der Waals surface area contributed by atoms with Crippen LogP contribution in [0.15, 0.2) is 29.1 Å². The van der Waals surface area contributed by atoms with Crippen LogP contribution in [0.2, 0.25) is 0 Å². The van der Waals surface area contributed by atoms with Crippen LogP contribution in [0.25, 0.3) is 22.6 Å². The van der Waals surface area contributed by atoms with E-state index in [1.807, 2.05) is 12.1 Å². The molecule has 9 nitrogen and oxygen atoms in total. The van der Waals surface area contributed by atoms with Gasteiger partial charge in [0, 0.05) is 6.61 Å². The molecule has 1 atom stereocenters. The van der Waals surface area contributed by atoms with E-state index in [9.17, 15) is 9.59 Å². The first-order valence-electron chi connectivity index (χ1n) is 8.64. The second-order valence-electron chi connectivity index (χ2n) is 6.33. The van der Waals surface area contributed by atoms with Gasteiger partial charge in [0.1, 0.15) is 11.3 Å². The van der Waals surface area contributed by atoms with Crippen molar-refractivity contribution in [1.29, 1.82) is 0 Å². The fourth-order valence-corrected chi connectivity index (χ4v) is 3.32. The Morgan fingerprint density at radius 1 is 1.41 bits per heavy atom. The Hall–Kier alpha value is -3.20. The van der Waals surface area contributed by atoms with Crippen molar-refractivity contribution >= 4 is 17.1 Å². The standard InChI is InChI=1S/C18H19N5O4/c1-26-12-7-3-2-6-11(12)16-20-13(15(19)24)14-17(22-16)23(18(25)21-14)9-10-5-4-8-27-10/h2-3,6-7,10H,4-5,8-9H2,1H3,(H2,19,24)(H,21,25). The molecule has 0 aliphatic carbocycles. The van der Waals surface area contributed by atoms with Crippen LogP contribution in [0, 0.1) is 0 Å². The SMILES string of the molecule is COc1ccccc1-c1nc(C(N)=O)c2[nH]c(=O)n(CC3CCCO3)c2n1. The average molecular weight is 369 g/mol. The van der Waals surface area contributed by atoms with Crippen LogP contribution in [0.4, 0.5) is 0 Å². The highest BCUT2D eigenvalue weighted by atomic mass is 16.5. The van der Waals surface area contributed by atoms with Crippen molar-refractivity contribution in [3.63, 3.8) is 0 Å². The molecule has 2 aromatic heterocycles. The summed E-state index contributed by atoms with van der Waals surface area (Å²) >= 11 is 0. The number of imidazole rings is 1. The molecule has 3 heterocycles. The monoisotopic (exact) mass is 369 g/mol. The molecule has 0 spiro atoms. The third-order valence-electron chi connectivity index (χ3n) is 4.61. The van der Waals surface area contributed by atoms with Crippen molar-refractivity contribution in [1.82, 2.24) is 19.5 Å². The van der Waals surface area contributed by atoms with Gasteiger partial charge in [0.15, 0.2) is 17.2 Å². The highest BCUT2D eigenvalue weighted by molar-refractivity contribution is 6.02. The molecule has 0 radical (unpaired) electrons. The Balaban J connectivity index is 1.93. The largest absolute Gasteiger partial charge is 0.496 e. The Morgan fingerprint density at radius 2 is 2.22 bits per heavy atom. The quantitative estimate of drug-likeness (QED) is 0.693. The van der Waals surface area contributed by atoms with Crippen LogP contribution in [-0.4, -0.2) is 45.2 Å². The number of rotatable bonds is 5. The van der Waals surface area contributed by atoms with E-state index in [4.69, 9.17) is 15.2 Å². The third kappa shape index (κ3) is 3.06. The summed E-state index contributed by atoms with van der Waals surface area (Å²) < 4.78 is 12.5. The van der Waals surface area contributed by atoms with Gasteiger partial charge < -0.3 is 20.2 Å². The Labute approximate surface area is 154 Å². The van der Waals surface area contributed by atoms with Gasteiger partial charge in [-0.3, -0.25) is 9.36 Å². The van der Waals surface area contributed by atoms with Crippen molar-refractivity contribution in [2.75, 3.05) is 13.7 Å². The summed E-state index contributed by atoms with van der Waals surface area (Å²) in [5.74, 6) is 0.0636. The minimum absolute atomic E-state index is 0.0379. The minimum Gasteiger partial charge on any atom is -0.496 e. The summed E-state index contributed by atoms with van der Waals surface area (Å²) in [6, 6.07) is 7.18. The number of ether oxygens (including phenoxy) is 2. The zero-order chi connectivity index (χ0) is 19.0. The van der Waals surface area contributed by atoms with Gasteiger partial charge >= 0.3 is 5.69 Å². The number of hydrogen-bond acceptors (Lipinski definition) is 6. The van der Waals surface area contributed by atoms with Crippen molar-refractivity contribution in [3.8, 4) is 17.1 Å². The molecule has 1 aliphatic heterocycles. The smallest absolute Gasteiger partial charge is 0.327 e. The number of nitrogens with two attached hydrogens (primary N) is 1. The Kier molecular flexibility index (Phi) is 4.36. The molecule has 1 amide bonds. The van der Waals surface area contributed by atoms with E-state index in [-0.39, 0.29) is 28.8 Å². The maximum absolute atomic E-state index is 12.5. The molecule has 3 aromatic rings. The first kappa shape index (κ1) is 17.2.